The highest BCUT2D eigenvalue weighted by Crippen LogP contribution is 2.39. The van der Waals surface area contributed by atoms with Crippen molar-refractivity contribution >= 4 is 23.4 Å². The van der Waals surface area contributed by atoms with Crippen molar-refractivity contribution in [3.8, 4) is 17.2 Å². The molecule has 7 nitrogen and oxygen atoms in total. The molecule has 0 aromatic heterocycles. The number of carbonyl (C=O) groups excluding carboxylic acids is 2. The normalized spacial score (nSPS) is 10.0. The van der Waals surface area contributed by atoms with Crippen LogP contribution in [-0.2, 0) is 11.2 Å². The molecule has 0 atom stereocenters. The molecule has 2 aromatic rings. The summed E-state index contributed by atoms with van der Waals surface area (Å²) in [7, 11) is 4.46. The highest BCUT2D eigenvalue weighted by molar-refractivity contribution is 6.30. The third-order valence-corrected chi connectivity index (χ3v) is 3.77. The van der Waals surface area contributed by atoms with Crippen molar-refractivity contribution in [1.29, 1.82) is 0 Å². The van der Waals surface area contributed by atoms with E-state index in [-0.39, 0.29) is 6.42 Å². The molecule has 0 spiro atoms. The van der Waals surface area contributed by atoms with Crippen molar-refractivity contribution < 1.29 is 23.8 Å². The first kappa shape index (κ1) is 19.4. The van der Waals surface area contributed by atoms with Crippen LogP contribution >= 0.6 is 11.6 Å². The number of hydrogen-bond acceptors (Lipinski definition) is 5. The van der Waals surface area contributed by atoms with Crippen molar-refractivity contribution in [2.75, 3.05) is 21.3 Å². The number of methoxy groups -OCH3 is 3. The van der Waals surface area contributed by atoms with Gasteiger partial charge in [-0.1, -0.05) is 23.7 Å². The quantitative estimate of drug-likeness (QED) is 0.754. The Kier molecular flexibility index (Phi) is 6.68. The van der Waals surface area contributed by atoms with Crippen LogP contribution in [0.5, 0.6) is 17.2 Å². The molecule has 0 aliphatic heterocycles. The Morgan fingerprint density at radius 1 is 0.962 bits per heavy atom. The molecule has 0 saturated heterocycles. The summed E-state index contributed by atoms with van der Waals surface area (Å²) in [5, 5.41) is 0.430. The van der Waals surface area contributed by atoms with Gasteiger partial charge in [-0.25, -0.2) is 0 Å². The van der Waals surface area contributed by atoms with Crippen LogP contribution in [0.3, 0.4) is 0 Å². The van der Waals surface area contributed by atoms with E-state index >= 15 is 0 Å². The summed E-state index contributed by atoms with van der Waals surface area (Å²) in [6.45, 7) is 0. The smallest absolute Gasteiger partial charge is 0.269 e. The zero-order valence-electron chi connectivity index (χ0n) is 14.6. The zero-order valence-corrected chi connectivity index (χ0v) is 15.3. The maximum absolute atomic E-state index is 12.2. The van der Waals surface area contributed by atoms with Gasteiger partial charge < -0.3 is 14.2 Å². The molecule has 0 fully saturated rings. The fourth-order valence-electron chi connectivity index (χ4n) is 2.35. The van der Waals surface area contributed by atoms with Gasteiger partial charge in [0, 0.05) is 16.1 Å². The molecule has 0 unspecified atom stereocenters. The number of rotatable bonds is 6. The van der Waals surface area contributed by atoms with Gasteiger partial charge in [-0.15, -0.1) is 0 Å². The molecule has 0 saturated carbocycles. The topological polar surface area (TPSA) is 85.9 Å². The fraction of sp³-hybridized carbons (Fsp3) is 0.222. The Hall–Kier alpha value is -2.93. The molecule has 138 valence electrons. The third kappa shape index (κ3) is 4.58. The maximum atomic E-state index is 12.2. The SMILES string of the molecule is COc1ccc(CC(=O)NNC(=O)c2cccc(Cl)c2)c(OC)c1OC. The third-order valence-electron chi connectivity index (χ3n) is 3.54. The van der Waals surface area contributed by atoms with Gasteiger partial charge in [0.2, 0.25) is 11.7 Å². The average molecular weight is 379 g/mol. The van der Waals surface area contributed by atoms with Crippen LogP contribution in [0.25, 0.3) is 0 Å². The van der Waals surface area contributed by atoms with Crippen molar-refractivity contribution in [2.24, 2.45) is 0 Å². The molecule has 2 aromatic carbocycles. The summed E-state index contributed by atoms with van der Waals surface area (Å²) in [6, 6.07) is 9.76. The Balaban J connectivity index is 2.05. The number of benzene rings is 2. The molecule has 0 heterocycles. The molecule has 0 aliphatic carbocycles. The lowest BCUT2D eigenvalue weighted by molar-refractivity contribution is -0.121. The van der Waals surface area contributed by atoms with E-state index < -0.39 is 11.8 Å². The summed E-state index contributed by atoms with van der Waals surface area (Å²) in [5.41, 5.74) is 5.62. The predicted octanol–water partition coefficient (Wildman–Crippen LogP) is 2.37. The largest absolute Gasteiger partial charge is 0.493 e. The minimum absolute atomic E-state index is 0.0284. The number of ether oxygens (including phenoxy) is 3. The number of hydrazine groups is 1. The summed E-state index contributed by atoms with van der Waals surface area (Å²) >= 11 is 5.84. The van der Waals surface area contributed by atoms with Crippen LogP contribution in [0, 0.1) is 0 Å². The van der Waals surface area contributed by atoms with Gasteiger partial charge in [0.15, 0.2) is 11.5 Å². The number of carbonyl (C=O) groups is 2. The van der Waals surface area contributed by atoms with Gasteiger partial charge in [0.25, 0.3) is 5.91 Å². The summed E-state index contributed by atoms with van der Waals surface area (Å²) < 4.78 is 15.8. The van der Waals surface area contributed by atoms with E-state index in [4.69, 9.17) is 25.8 Å². The first-order valence-corrected chi connectivity index (χ1v) is 8.00. The lowest BCUT2D eigenvalue weighted by atomic mass is 10.1. The van der Waals surface area contributed by atoms with Crippen LogP contribution in [-0.4, -0.2) is 33.1 Å². The molecule has 0 radical (unpaired) electrons. The van der Waals surface area contributed by atoms with E-state index in [2.05, 4.69) is 10.9 Å². The maximum Gasteiger partial charge on any atom is 0.269 e. The van der Waals surface area contributed by atoms with E-state index in [1.807, 2.05) is 0 Å². The Labute approximate surface area is 156 Å². The van der Waals surface area contributed by atoms with Crippen LogP contribution in [0.15, 0.2) is 36.4 Å². The molecule has 0 bridgehead atoms. The van der Waals surface area contributed by atoms with Gasteiger partial charge in [0.05, 0.1) is 27.8 Å². The fourth-order valence-corrected chi connectivity index (χ4v) is 2.54. The summed E-state index contributed by atoms with van der Waals surface area (Å²) in [5.74, 6) is 0.375. The lowest BCUT2D eigenvalue weighted by Crippen LogP contribution is -2.42. The molecule has 2 rings (SSSR count). The van der Waals surface area contributed by atoms with Crippen molar-refractivity contribution in [3.05, 3.63) is 52.5 Å². The van der Waals surface area contributed by atoms with Crippen molar-refractivity contribution in [2.45, 2.75) is 6.42 Å². The number of nitrogens with one attached hydrogen (secondary N) is 2. The zero-order chi connectivity index (χ0) is 19.1. The molecule has 2 amide bonds. The molecule has 26 heavy (non-hydrogen) atoms. The van der Waals surface area contributed by atoms with Gasteiger partial charge in [-0.05, 0) is 24.3 Å². The minimum Gasteiger partial charge on any atom is -0.493 e. The van der Waals surface area contributed by atoms with Crippen molar-refractivity contribution in [1.82, 2.24) is 10.9 Å². The number of amides is 2. The molecule has 0 aliphatic rings. The molecule has 8 heteroatoms. The highest BCUT2D eigenvalue weighted by atomic mass is 35.5. The Morgan fingerprint density at radius 3 is 2.31 bits per heavy atom. The van der Waals surface area contributed by atoms with Crippen molar-refractivity contribution in [3.63, 3.8) is 0 Å². The molecular formula is C18H19ClN2O5. The van der Waals surface area contributed by atoms with E-state index in [1.165, 1.54) is 27.4 Å². The van der Waals surface area contributed by atoms with E-state index in [9.17, 15) is 9.59 Å². The number of hydrogen-bond donors (Lipinski definition) is 2. The van der Waals surface area contributed by atoms with Gasteiger partial charge in [-0.3, -0.25) is 20.4 Å². The monoisotopic (exact) mass is 378 g/mol. The summed E-state index contributed by atoms with van der Waals surface area (Å²) in [4.78, 5) is 24.2. The van der Waals surface area contributed by atoms with Gasteiger partial charge in [0.1, 0.15) is 0 Å². The van der Waals surface area contributed by atoms with Crippen LogP contribution in [0.1, 0.15) is 15.9 Å². The summed E-state index contributed by atoms with van der Waals surface area (Å²) in [6.07, 6.45) is -0.0284. The van der Waals surface area contributed by atoms with Gasteiger partial charge in [-0.2, -0.15) is 0 Å². The lowest BCUT2D eigenvalue weighted by Gasteiger charge is -2.15. The number of halogens is 1. The average Bonchev–Trinajstić information content (AvgIpc) is 2.65. The predicted molar refractivity (Wildman–Crippen MR) is 96.9 cm³/mol. The van der Waals surface area contributed by atoms with Crippen LogP contribution in [0.4, 0.5) is 0 Å². The van der Waals surface area contributed by atoms with E-state index in [0.717, 1.165) is 0 Å². The van der Waals surface area contributed by atoms with E-state index in [0.29, 0.717) is 33.4 Å². The van der Waals surface area contributed by atoms with E-state index in [1.54, 1.807) is 30.3 Å². The van der Waals surface area contributed by atoms with Crippen LogP contribution < -0.4 is 25.1 Å². The Bertz CT molecular complexity index is 810. The second-order valence-corrected chi connectivity index (χ2v) is 5.62. The second kappa shape index (κ2) is 8.96. The standard InChI is InChI=1S/C18H19ClN2O5/c1-24-14-8-7-11(16(25-2)17(14)26-3)10-15(22)20-21-18(23)12-5-4-6-13(19)9-12/h4-9H,10H2,1-3H3,(H,20,22)(H,21,23). The first-order valence-electron chi connectivity index (χ1n) is 7.62. The minimum atomic E-state index is -0.472. The first-order chi connectivity index (χ1) is 12.5. The Morgan fingerprint density at radius 2 is 1.69 bits per heavy atom. The molecular weight excluding hydrogens is 360 g/mol. The second-order valence-electron chi connectivity index (χ2n) is 5.18. The highest BCUT2D eigenvalue weighted by Gasteiger charge is 2.18. The van der Waals surface area contributed by atoms with Crippen LogP contribution in [0.2, 0.25) is 5.02 Å². The van der Waals surface area contributed by atoms with Gasteiger partial charge >= 0.3 is 0 Å². The molecule has 2 N–H and O–H groups in total.